The standard InChI is InChI=1S/C15H17ClFN3/c1-8(2)14-19-13(16)10(4)15(20-14)18-12-7-9(3)5-6-11(12)17/h5-8H,1-4H3,(H,18,19,20). The molecule has 1 aromatic heterocycles. The molecule has 0 amide bonds. The van der Waals surface area contributed by atoms with E-state index in [-0.39, 0.29) is 11.7 Å². The first-order chi connectivity index (χ1) is 9.38. The summed E-state index contributed by atoms with van der Waals surface area (Å²) in [5.74, 6) is 1.00. The number of rotatable bonds is 3. The predicted octanol–water partition coefficient (Wildman–Crippen LogP) is 4.75. The second-order valence-electron chi connectivity index (χ2n) is 5.11. The number of hydrogen-bond donors (Lipinski definition) is 1. The zero-order chi connectivity index (χ0) is 14.9. The van der Waals surface area contributed by atoms with Gasteiger partial charge in [-0.25, -0.2) is 14.4 Å². The SMILES string of the molecule is Cc1ccc(F)c(Nc2nc(C(C)C)nc(Cl)c2C)c1. The Bertz CT molecular complexity index is 641. The molecule has 5 heteroatoms. The fourth-order valence-electron chi connectivity index (χ4n) is 1.75. The zero-order valence-electron chi connectivity index (χ0n) is 12.0. The van der Waals surface area contributed by atoms with Gasteiger partial charge in [-0.1, -0.05) is 31.5 Å². The molecule has 3 nitrogen and oxygen atoms in total. The smallest absolute Gasteiger partial charge is 0.146 e. The van der Waals surface area contributed by atoms with Crippen LogP contribution in [0.15, 0.2) is 18.2 Å². The molecular weight excluding hydrogens is 277 g/mol. The van der Waals surface area contributed by atoms with Crippen molar-refractivity contribution in [2.24, 2.45) is 0 Å². The molecule has 0 saturated carbocycles. The number of halogens is 2. The lowest BCUT2D eigenvalue weighted by atomic mass is 10.2. The zero-order valence-corrected chi connectivity index (χ0v) is 12.7. The number of benzene rings is 1. The molecule has 1 heterocycles. The quantitative estimate of drug-likeness (QED) is 0.830. The van der Waals surface area contributed by atoms with Crippen LogP contribution < -0.4 is 5.32 Å². The Morgan fingerprint density at radius 1 is 1.20 bits per heavy atom. The minimum Gasteiger partial charge on any atom is -0.337 e. The van der Waals surface area contributed by atoms with Crippen LogP contribution in [-0.2, 0) is 0 Å². The van der Waals surface area contributed by atoms with Crippen molar-refractivity contribution in [2.75, 3.05) is 5.32 Å². The molecule has 0 saturated heterocycles. The van der Waals surface area contributed by atoms with Gasteiger partial charge in [-0.15, -0.1) is 0 Å². The summed E-state index contributed by atoms with van der Waals surface area (Å²) in [6.45, 7) is 7.68. The Kier molecular flexibility index (Phi) is 4.23. The second-order valence-corrected chi connectivity index (χ2v) is 5.47. The Morgan fingerprint density at radius 2 is 1.90 bits per heavy atom. The van der Waals surface area contributed by atoms with Gasteiger partial charge < -0.3 is 5.32 Å². The van der Waals surface area contributed by atoms with Crippen LogP contribution in [-0.4, -0.2) is 9.97 Å². The summed E-state index contributed by atoms with van der Waals surface area (Å²) in [5, 5.41) is 3.40. The molecule has 0 aliphatic carbocycles. The van der Waals surface area contributed by atoms with Gasteiger partial charge in [-0.2, -0.15) is 0 Å². The first-order valence-corrected chi connectivity index (χ1v) is 6.83. The van der Waals surface area contributed by atoms with E-state index in [0.29, 0.717) is 28.0 Å². The Labute approximate surface area is 123 Å². The molecule has 0 unspecified atom stereocenters. The van der Waals surface area contributed by atoms with Gasteiger partial charge in [-0.3, -0.25) is 0 Å². The molecule has 0 atom stereocenters. The number of nitrogens with zero attached hydrogens (tertiary/aromatic N) is 2. The molecule has 0 radical (unpaired) electrons. The predicted molar refractivity (Wildman–Crippen MR) is 80.3 cm³/mol. The van der Waals surface area contributed by atoms with E-state index in [1.54, 1.807) is 12.1 Å². The fourth-order valence-corrected chi connectivity index (χ4v) is 1.92. The largest absolute Gasteiger partial charge is 0.337 e. The number of anilines is 2. The molecule has 0 fully saturated rings. The van der Waals surface area contributed by atoms with Crippen molar-refractivity contribution >= 4 is 23.1 Å². The monoisotopic (exact) mass is 293 g/mol. The van der Waals surface area contributed by atoms with Gasteiger partial charge in [0, 0.05) is 11.5 Å². The van der Waals surface area contributed by atoms with Crippen LogP contribution in [0.3, 0.4) is 0 Å². The van der Waals surface area contributed by atoms with E-state index in [9.17, 15) is 4.39 Å². The lowest BCUT2D eigenvalue weighted by Crippen LogP contribution is -2.06. The van der Waals surface area contributed by atoms with Crippen molar-refractivity contribution < 1.29 is 4.39 Å². The Balaban J connectivity index is 2.45. The molecule has 2 aromatic rings. The Morgan fingerprint density at radius 3 is 2.55 bits per heavy atom. The summed E-state index contributed by atoms with van der Waals surface area (Å²) in [6.07, 6.45) is 0. The molecular formula is C15H17ClFN3. The third-order valence-electron chi connectivity index (χ3n) is 3.00. The average molecular weight is 294 g/mol. The molecule has 0 spiro atoms. The topological polar surface area (TPSA) is 37.8 Å². The van der Waals surface area contributed by atoms with Crippen LogP contribution in [0.25, 0.3) is 0 Å². The van der Waals surface area contributed by atoms with E-state index in [1.807, 2.05) is 27.7 Å². The summed E-state index contributed by atoms with van der Waals surface area (Å²) in [6, 6.07) is 4.89. The van der Waals surface area contributed by atoms with Crippen LogP contribution in [0.2, 0.25) is 5.15 Å². The van der Waals surface area contributed by atoms with Gasteiger partial charge in [-0.05, 0) is 31.5 Å². The van der Waals surface area contributed by atoms with Gasteiger partial charge in [0.15, 0.2) is 0 Å². The fraction of sp³-hybridized carbons (Fsp3) is 0.333. The maximum absolute atomic E-state index is 13.8. The lowest BCUT2D eigenvalue weighted by molar-refractivity contribution is 0.631. The highest BCUT2D eigenvalue weighted by molar-refractivity contribution is 6.30. The minimum absolute atomic E-state index is 0.149. The van der Waals surface area contributed by atoms with Crippen LogP contribution >= 0.6 is 11.6 Å². The second kappa shape index (κ2) is 5.75. The summed E-state index contributed by atoms with van der Waals surface area (Å²) in [7, 11) is 0. The molecule has 0 bridgehead atoms. The summed E-state index contributed by atoms with van der Waals surface area (Å²) < 4.78 is 13.8. The molecule has 20 heavy (non-hydrogen) atoms. The maximum Gasteiger partial charge on any atom is 0.146 e. The highest BCUT2D eigenvalue weighted by atomic mass is 35.5. The molecule has 106 valence electrons. The first-order valence-electron chi connectivity index (χ1n) is 6.45. The molecule has 1 N–H and O–H groups in total. The molecule has 0 aliphatic rings. The van der Waals surface area contributed by atoms with Gasteiger partial charge in [0.05, 0.1) is 5.69 Å². The summed E-state index contributed by atoms with van der Waals surface area (Å²) in [4.78, 5) is 8.66. The maximum atomic E-state index is 13.8. The van der Waals surface area contributed by atoms with Crippen LogP contribution in [0.1, 0.15) is 36.7 Å². The number of nitrogens with one attached hydrogen (secondary N) is 1. The molecule has 2 rings (SSSR count). The highest BCUT2D eigenvalue weighted by Gasteiger charge is 2.13. The lowest BCUT2D eigenvalue weighted by Gasteiger charge is -2.13. The van der Waals surface area contributed by atoms with Crippen LogP contribution in [0.4, 0.5) is 15.9 Å². The first kappa shape index (κ1) is 14.7. The van der Waals surface area contributed by atoms with Crippen molar-refractivity contribution in [1.29, 1.82) is 0 Å². The highest BCUT2D eigenvalue weighted by Crippen LogP contribution is 2.27. The van der Waals surface area contributed by atoms with Gasteiger partial charge in [0.1, 0.15) is 22.6 Å². The van der Waals surface area contributed by atoms with E-state index in [1.165, 1.54) is 6.07 Å². The van der Waals surface area contributed by atoms with Crippen molar-refractivity contribution in [3.05, 3.63) is 46.1 Å². The normalized spacial score (nSPS) is 10.9. The number of hydrogen-bond acceptors (Lipinski definition) is 3. The van der Waals surface area contributed by atoms with Crippen molar-refractivity contribution in [3.8, 4) is 0 Å². The van der Waals surface area contributed by atoms with Crippen molar-refractivity contribution in [1.82, 2.24) is 9.97 Å². The van der Waals surface area contributed by atoms with Crippen LogP contribution in [0.5, 0.6) is 0 Å². The summed E-state index contributed by atoms with van der Waals surface area (Å²) in [5.41, 5.74) is 2.06. The average Bonchev–Trinajstić information content (AvgIpc) is 2.38. The number of aryl methyl sites for hydroxylation is 1. The van der Waals surface area contributed by atoms with E-state index >= 15 is 0 Å². The van der Waals surface area contributed by atoms with E-state index in [2.05, 4.69) is 15.3 Å². The van der Waals surface area contributed by atoms with E-state index in [4.69, 9.17) is 11.6 Å². The Hall–Kier alpha value is -1.68. The van der Waals surface area contributed by atoms with E-state index in [0.717, 1.165) is 5.56 Å². The van der Waals surface area contributed by atoms with Gasteiger partial charge in [0.25, 0.3) is 0 Å². The molecule has 0 aliphatic heterocycles. The third-order valence-corrected chi connectivity index (χ3v) is 3.36. The van der Waals surface area contributed by atoms with Gasteiger partial charge >= 0.3 is 0 Å². The number of aromatic nitrogens is 2. The van der Waals surface area contributed by atoms with E-state index < -0.39 is 0 Å². The van der Waals surface area contributed by atoms with Crippen molar-refractivity contribution in [3.63, 3.8) is 0 Å². The minimum atomic E-state index is -0.323. The third kappa shape index (κ3) is 3.07. The van der Waals surface area contributed by atoms with Gasteiger partial charge in [0.2, 0.25) is 0 Å². The van der Waals surface area contributed by atoms with Crippen molar-refractivity contribution in [2.45, 2.75) is 33.6 Å². The summed E-state index contributed by atoms with van der Waals surface area (Å²) >= 11 is 6.12. The molecule has 1 aromatic carbocycles. The van der Waals surface area contributed by atoms with Crippen LogP contribution in [0, 0.1) is 19.7 Å².